The summed E-state index contributed by atoms with van der Waals surface area (Å²) in [7, 11) is 0. The lowest BCUT2D eigenvalue weighted by molar-refractivity contribution is 0.661. The number of benzene rings is 1. The first-order valence-electron chi connectivity index (χ1n) is 5.58. The Morgan fingerprint density at radius 2 is 2.06 bits per heavy atom. The van der Waals surface area contributed by atoms with Crippen LogP contribution in [0.4, 0.5) is 0 Å². The van der Waals surface area contributed by atoms with Crippen LogP contribution in [0.5, 0.6) is 0 Å². The van der Waals surface area contributed by atoms with Crippen LogP contribution in [-0.4, -0.2) is 14.8 Å². The molecule has 4 nitrogen and oxygen atoms in total. The average Bonchev–Trinajstić information content (AvgIpc) is 2.73. The highest BCUT2D eigenvalue weighted by Crippen LogP contribution is 2.18. The highest BCUT2D eigenvalue weighted by molar-refractivity contribution is 5.34. The number of nitrogens with two attached hydrogens (primary N) is 1. The van der Waals surface area contributed by atoms with Crippen LogP contribution >= 0.6 is 0 Å². The second kappa shape index (κ2) is 4.93. The SMILES string of the molecule is C=CCC(N)c1nnc(C)n1-c1ccccc1. The molecule has 1 aromatic heterocycles. The van der Waals surface area contributed by atoms with Gasteiger partial charge in [0.25, 0.3) is 0 Å². The highest BCUT2D eigenvalue weighted by atomic mass is 15.3. The third kappa shape index (κ3) is 2.26. The van der Waals surface area contributed by atoms with Gasteiger partial charge in [0.2, 0.25) is 0 Å². The topological polar surface area (TPSA) is 56.7 Å². The first-order valence-corrected chi connectivity index (χ1v) is 5.58. The zero-order valence-electron chi connectivity index (χ0n) is 9.87. The molecule has 0 saturated heterocycles. The molecule has 0 spiro atoms. The predicted molar refractivity (Wildman–Crippen MR) is 67.8 cm³/mol. The third-order valence-corrected chi connectivity index (χ3v) is 2.62. The monoisotopic (exact) mass is 228 g/mol. The van der Waals surface area contributed by atoms with E-state index in [1.165, 1.54) is 0 Å². The van der Waals surface area contributed by atoms with Crippen molar-refractivity contribution in [3.8, 4) is 5.69 Å². The number of aromatic nitrogens is 3. The van der Waals surface area contributed by atoms with Gasteiger partial charge in [0, 0.05) is 5.69 Å². The van der Waals surface area contributed by atoms with E-state index in [4.69, 9.17) is 5.73 Å². The molecule has 88 valence electrons. The Morgan fingerprint density at radius 1 is 1.35 bits per heavy atom. The minimum absolute atomic E-state index is 0.172. The van der Waals surface area contributed by atoms with Crippen LogP contribution in [0.2, 0.25) is 0 Å². The van der Waals surface area contributed by atoms with Crippen molar-refractivity contribution in [2.45, 2.75) is 19.4 Å². The average molecular weight is 228 g/mol. The molecule has 0 saturated carbocycles. The van der Waals surface area contributed by atoms with Gasteiger partial charge in [0.15, 0.2) is 5.82 Å². The van der Waals surface area contributed by atoms with E-state index in [1.54, 1.807) is 6.08 Å². The Balaban J connectivity index is 2.46. The minimum atomic E-state index is -0.172. The number of hydrogen-bond acceptors (Lipinski definition) is 3. The van der Waals surface area contributed by atoms with Crippen molar-refractivity contribution in [3.05, 3.63) is 54.6 Å². The van der Waals surface area contributed by atoms with Crippen LogP contribution in [0.3, 0.4) is 0 Å². The van der Waals surface area contributed by atoms with Crippen LogP contribution in [-0.2, 0) is 0 Å². The van der Waals surface area contributed by atoms with E-state index in [0.717, 1.165) is 17.3 Å². The normalized spacial score (nSPS) is 12.4. The molecule has 1 unspecified atom stereocenters. The fourth-order valence-electron chi connectivity index (χ4n) is 1.80. The van der Waals surface area contributed by atoms with Crippen LogP contribution < -0.4 is 5.73 Å². The van der Waals surface area contributed by atoms with Gasteiger partial charge in [-0.1, -0.05) is 24.3 Å². The van der Waals surface area contributed by atoms with Crippen LogP contribution in [0.15, 0.2) is 43.0 Å². The number of aryl methyl sites for hydroxylation is 1. The van der Waals surface area contributed by atoms with E-state index in [1.807, 2.05) is 41.8 Å². The van der Waals surface area contributed by atoms with Gasteiger partial charge in [0.05, 0.1) is 6.04 Å². The Kier molecular flexibility index (Phi) is 3.35. The highest BCUT2D eigenvalue weighted by Gasteiger charge is 2.16. The summed E-state index contributed by atoms with van der Waals surface area (Å²) in [4.78, 5) is 0. The number of rotatable bonds is 4. The smallest absolute Gasteiger partial charge is 0.154 e. The van der Waals surface area contributed by atoms with E-state index >= 15 is 0 Å². The third-order valence-electron chi connectivity index (χ3n) is 2.62. The lowest BCUT2D eigenvalue weighted by Gasteiger charge is -2.12. The Bertz CT molecular complexity index is 501. The zero-order chi connectivity index (χ0) is 12.3. The second-order valence-electron chi connectivity index (χ2n) is 3.91. The molecule has 1 aromatic carbocycles. The molecule has 17 heavy (non-hydrogen) atoms. The lowest BCUT2D eigenvalue weighted by atomic mass is 10.2. The largest absolute Gasteiger partial charge is 0.321 e. The summed E-state index contributed by atoms with van der Waals surface area (Å²) >= 11 is 0. The van der Waals surface area contributed by atoms with Crippen molar-refractivity contribution in [1.82, 2.24) is 14.8 Å². The van der Waals surface area contributed by atoms with Gasteiger partial charge >= 0.3 is 0 Å². The molecule has 0 aliphatic rings. The maximum absolute atomic E-state index is 6.06. The molecule has 0 radical (unpaired) electrons. The zero-order valence-corrected chi connectivity index (χ0v) is 9.87. The van der Waals surface area contributed by atoms with Crippen molar-refractivity contribution in [1.29, 1.82) is 0 Å². The molecule has 1 heterocycles. The molecule has 2 aromatic rings. The van der Waals surface area contributed by atoms with Crippen molar-refractivity contribution < 1.29 is 0 Å². The van der Waals surface area contributed by atoms with E-state index in [0.29, 0.717) is 6.42 Å². The molecular weight excluding hydrogens is 212 g/mol. The molecule has 2 rings (SSSR count). The summed E-state index contributed by atoms with van der Waals surface area (Å²) in [5, 5.41) is 8.25. The van der Waals surface area contributed by atoms with E-state index in [-0.39, 0.29) is 6.04 Å². The number of para-hydroxylation sites is 1. The summed E-state index contributed by atoms with van der Waals surface area (Å²) < 4.78 is 1.98. The fraction of sp³-hybridized carbons (Fsp3) is 0.231. The molecule has 4 heteroatoms. The van der Waals surface area contributed by atoms with Crippen molar-refractivity contribution in [2.24, 2.45) is 5.73 Å². The molecule has 2 N–H and O–H groups in total. The summed E-state index contributed by atoms with van der Waals surface area (Å²) in [5.74, 6) is 1.61. The van der Waals surface area contributed by atoms with Crippen LogP contribution in [0.25, 0.3) is 5.69 Å². The summed E-state index contributed by atoms with van der Waals surface area (Å²) in [6.07, 6.45) is 2.48. The summed E-state index contributed by atoms with van der Waals surface area (Å²) in [6, 6.07) is 9.80. The molecule has 1 atom stereocenters. The summed E-state index contributed by atoms with van der Waals surface area (Å²) in [5.41, 5.74) is 7.09. The van der Waals surface area contributed by atoms with E-state index < -0.39 is 0 Å². The van der Waals surface area contributed by atoms with Crippen molar-refractivity contribution in [3.63, 3.8) is 0 Å². The number of nitrogens with zero attached hydrogens (tertiary/aromatic N) is 3. The molecule has 0 aliphatic heterocycles. The second-order valence-corrected chi connectivity index (χ2v) is 3.91. The van der Waals surface area contributed by atoms with Crippen molar-refractivity contribution in [2.75, 3.05) is 0 Å². The van der Waals surface area contributed by atoms with Gasteiger partial charge in [-0.15, -0.1) is 16.8 Å². The minimum Gasteiger partial charge on any atom is -0.321 e. The maximum Gasteiger partial charge on any atom is 0.154 e. The molecule has 0 amide bonds. The molecular formula is C13H16N4. The van der Waals surface area contributed by atoms with Gasteiger partial charge in [-0.3, -0.25) is 4.57 Å². The Hall–Kier alpha value is -1.94. The van der Waals surface area contributed by atoms with Gasteiger partial charge in [-0.2, -0.15) is 0 Å². The van der Waals surface area contributed by atoms with Crippen LogP contribution in [0.1, 0.15) is 24.1 Å². The standard InChI is InChI=1S/C13H16N4/c1-3-7-12(14)13-16-15-10(2)17(13)11-8-5-4-6-9-11/h3-6,8-9,12H,1,7,14H2,2H3. The maximum atomic E-state index is 6.06. The quantitative estimate of drug-likeness (QED) is 0.816. The van der Waals surface area contributed by atoms with Gasteiger partial charge in [-0.25, -0.2) is 0 Å². The van der Waals surface area contributed by atoms with E-state index in [2.05, 4.69) is 16.8 Å². The predicted octanol–water partition coefficient (Wildman–Crippen LogP) is 2.15. The van der Waals surface area contributed by atoms with E-state index in [9.17, 15) is 0 Å². The molecule has 0 fully saturated rings. The van der Waals surface area contributed by atoms with Gasteiger partial charge in [0.1, 0.15) is 5.82 Å². The first kappa shape index (κ1) is 11.5. The van der Waals surface area contributed by atoms with Crippen molar-refractivity contribution >= 4 is 0 Å². The van der Waals surface area contributed by atoms with Gasteiger partial charge < -0.3 is 5.73 Å². The first-order chi connectivity index (χ1) is 8.24. The van der Waals surface area contributed by atoms with Crippen LogP contribution in [0, 0.1) is 6.92 Å². The Morgan fingerprint density at radius 3 is 2.71 bits per heavy atom. The fourth-order valence-corrected chi connectivity index (χ4v) is 1.80. The summed E-state index contributed by atoms with van der Waals surface area (Å²) in [6.45, 7) is 5.62. The van der Waals surface area contributed by atoms with Gasteiger partial charge in [-0.05, 0) is 25.5 Å². The Labute approximate surface area is 101 Å². The molecule has 0 aliphatic carbocycles. The number of hydrogen-bond donors (Lipinski definition) is 1. The lowest BCUT2D eigenvalue weighted by Crippen LogP contribution is -2.15. The molecule has 0 bridgehead atoms.